The van der Waals surface area contributed by atoms with Gasteiger partial charge in [0.25, 0.3) is 5.69 Å². The number of hydrogen-bond acceptors (Lipinski definition) is 3. The van der Waals surface area contributed by atoms with E-state index in [9.17, 15) is 14.9 Å². The Morgan fingerprint density at radius 3 is 2.94 bits per heavy atom. The Balaban J connectivity index is 2.42. The summed E-state index contributed by atoms with van der Waals surface area (Å²) in [6.07, 6.45) is 0.961. The van der Waals surface area contributed by atoms with E-state index in [1.165, 1.54) is 6.07 Å². The maximum atomic E-state index is 10.9. The first-order valence-electron chi connectivity index (χ1n) is 5.35. The fourth-order valence-corrected chi connectivity index (χ4v) is 2.30. The van der Waals surface area contributed by atoms with Gasteiger partial charge in [-0.15, -0.1) is 0 Å². The highest BCUT2D eigenvalue weighted by atomic mass is 16.6. The number of benzene rings is 1. The van der Waals surface area contributed by atoms with Gasteiger partial charge < -0.3 is 10.4 Å². The minimum Gasteiger partial charge on any atom is -0.465 e. The fraction of sp³-hybridized carbons (Fsp3) is 0.364. The van der Waals surface area contributed by atoms with Crippen molar-refractivity contribution in [1.82, 2.24) is 5.32 Å². The largest absolute Gasteiger partial charge is 0.465 e. The van der Waals surface area contributed by atoms with Crippen LogP contribution in [0.25, 0.3) is 0 Å². The van der Waals surface area contributed by atoms with E-state index in [1.54, 1.807) is 12.1 Å². The van der Waals surface area contributed by atoms with E-state index in [2.05, 4.69) is 5.32 Å². The highest BCUT2D eigenvalue weighted by Crippen LogP contribution is 2.34. The summed E-state index contributed by atoms with van der Waals surface area (Å²) in [5.74, 6) is 0. The van der Waals surface area contributed by atoms with Crippen LogP contribution in [0.3, 0.4) is 0 Å². The van der Waals surface area contributed by atoms with Crippen molar-refractivity contribution in [2.45, 2.75) is 25.3 Å². The Bertz CT molecular complexity index is 473. The number of nitrogens with one attached hydrogen (secondary N) is 1. The zero-order valence-electron chi connectivity index (χ0n) is 9.05. The van der Waals surface area contributed by atoms with Gasteiger partial charge in [-0.1, -0.05) is 12.1 Å². The lowest BCUT2D eigenvalue weighted by Gasteiger charge is -2.24. The van der Waals surface area contributed by atoms with Gasteiger partial charge in [-0.25, -0.2) is 4.79 Å². The first-order chi connectivity index (χ1) is 8.09. The molecule has 2 rings (SSSR count). The van der Waals surface area contributed by atoms with Crippen LogP contribution in [0.15, 0.2) is 18.2 Å². The van der Waals surface area contributed by atoms with Crippen molar-refractivity contribution < 1.29 is 14.8 Å². The predicted molar refractivity (Wildman–Crippen MR) is 59.9 cm³/mol. The standard InChI is InChI=1S/C11H12N2O4/c14-11(15)12-9-5-1-4-8-7(9)3-2-6-10(8)13(16)17/h2-3,6,9,12H,1,4-5H2,(H,14,15). The van der Waals surface area contributed by atoms with Gasteiger partial charge in [0, 0.05) is 11.6 Å². The van der Waals surface area contributed by atoms with Crippen LogP contribution in [-0.4, -0.2) is 16.1 Å². The molecule has 0 saturated heterocycles. The SMILES string of the molecule is O=C(O)NC1CCCc2c1cccc2[N+](=O)[O-]. The molecule has 6 nitrogen and oxygen atoms in total. The Morgan fingerprint density at radius 1 is 1.53 bits per heavy atom. The molecular weight excluding hydrogens is 224 g/mol. The fourth-order valence-electron chi connectivity index (χ4n) is 2.30. The van der Waals surface area contributed by atoms with E-state index >= 15 is 0 Å². The quantitative estimate of drug-likeness (QED) is 0.608. The lowest BCUT2D eigenvalue weighted by molar-refractivity contribution is -0.385. The van der Waals surface area contributed by atoms with Crippen molar-refractivity contribution in [3.63, 3.8) is 0 Å². The van der Waals surface area contributed by atoms with Crippen LogP contribution < -0.4 is 5.32 Å². The van der Waals surface area contributed by atoms with Crippen molar-refractivity contribution in [2.24, 2.45) is 0 Å². The highest BCUT2D eigenvalue weighted by molar-refractivity contribution is 5.65. The monoisotopic (exact) mass is 236 g/mol. The molecule has 17 heavy (non-hydrogen) atoms. The minimum absolute atomic E-state index is 0.0828. The summed E-state index contributed by atoms with van der Waals surface area (Å²) in [5.41, 5.74) is 1.47. The Kier molecular flexibility index (Phi) is 2.95. The lowest BCUT2D eigenvalue weighted by Crippen LogP contribution is -2.29. The molecule has 1 unspecified atom stereocenters. The number of amides is 1. The van der Waals surface area contributed by atoms with Gasteiger partial charge in [-0.05, 0) is 24.8 Å². The number of nitro benzene ring substituents is 1. The Morgan fingerprint density at radius 2 is 2.29 bits per heavy atom. The second kappa shape index (κ2) is 4.40. The van der Waals surface area contributed by atoms with Crippen molar-refractivity contribution in [3.8, 4) is 0 Å². The Hall–Kier alpha value is -2.11. The van der Waals surface area contributed by atoms with Crippen LogP contribution in [-0.2, 0) is 6.42 Å². The zero-order valence-corrected chi connectivity index (χ0v) is 9.05. The minimum atomic E-state index is -1.10. The molecule has 1 aromatic rings. The van der Waals surface area contributed by atoms with E-state index in [-0.39, 0.29) is 11.7 Å². The smallest absolute Gasteiger partial charge is 0.405 e. The normalized spacial score (nSPS) is 18.2. The van der Waals surface area contributed by atoms with Gasteiger partial charge in [0.15, 0.2) is 0 Å². The lowest BCUT2D eigenvalue weighted by atomic mass is 9.87. The molecule has 2 N–H and O–H groups in total. The summed E-state index contributed by atoms with van der Waals surface area (Å²) in [6, 6.07) is 4.47. The van der Waals surface area contributed by atoms with Crippen LogP contribution in [0.2, 0.25) is 0 Å². The second-order valence-electron chi connectivity index (χ2n) is 4.00. The molecule has 0 bridgehead atoms. The van der Waals surface area contributed by atoms with E-state index in [1.807, 2.05) is 0 Å². The molecule has 1 aromatic carbocycles. The molecule has 0 aromatic heterocycles. The summed E-state index contributed by atoms with van der Waals surface area (Å²) < 4.78 is 0. The molecule has 1 aliphatic carbocycles. The third kappa shape index (κ3) is 2.20. The molecule has 6 heteroatoms. The third-order valence-electron chi connectivity index (χ3n) is 2.98. The summed E-state index contributed by atoms with van der Waals surface area (Å²) >= 11 is 0. The van der Waals surface area contributed by atoms with Gasteiger partial charge in [0.05, 0.1) is 11.0 Å². The number of carboxylic acid groups (broad SMARTS) is 1. The second-order valence-corrected chi connectivity index (χ2v) is 4.00. The molecule has 1 aliphatic rings. The molecule has 0 saturated carbocycles. The van der Waals surface area contributed by atoms with E-state index < -0.39 is 11.0 Å². The number of fused-ring (bicyclic) bond motifs is 1. The average Bonchev–Trinajstić information content (AvgIpc) is 2.28. The van der Waals surface area contributed by atoms with E-state index in [0.717, 1.165) is 12.0 Å². The molecule has 0 radical (unpaired) electrons. The third-order valence-corrected chi connectivity index (χ3v) is 2.98. The van der Waals surface area contributed by atoms with E-state index in [0.29, 0.717) is 18.4 Å². The number of carbonyl (C=O) groups is 1. The molecule has 1 atom stereocenters. The van der Waals surface area contributed by atoms with Crippen LogP contribution >= 0.6 is 0 Å². The predicted octanol–water partition coefficient (Wildman–Crippen LogP) is 2.24. The number of nitro groups is 1. The summed E-state index contributed by atoms with van der Waals surface area (Å²) in [4.78, 5) is 21.1. The van der Waals surface area contributed by atoms with Crippen molar-refractivity contribution >= 4 is 11.8 Å². The van der Waals surface area contributed by atoms with Gasteiger partial charge in [0.2, 0.25) is 0 Å². The first kappa shape index (κ1) is 11.4. The molecule has 0 heterocycles. The molecule has 0 spiro atoms. The van der Waals surface area contributed by atoms with Gasteiger partial charge >= 0.3 is 6.09 Å². The number of nitrogens with zero attached hydrogens (tertiary/aromatic N) is 1. The maximum absolute atomic E-state index is 10.9. The van der Waals surface area contributed by atoms with Crippen molar-refractivity contribution in [3.05, 3.63) is 39.4 Å². The zero-order chi connectivity index (χ0) is 12.4. The van der Waals surface area contributed by atoms with Crippen LogP contribution in [0.5, 0.6) is 0 Å². The molecule has 90 valence electrons. The number of hydrogen-bond donors (Lipinski definition) is 2. The van der Waals surface area contributed by atoms with Crippen LogP contribution in [0, 0.1) is 10.1 Å². The van der Waals surface area contributed by atoms with Crippen molar-refractivity contribution in [2.75, 3.05) is 0 Å². The topological polar surface area (TPSA) is 92.5 Å². The maximum Gasteiger partial charge on any atom is 0.405 e. The van der Waals surface area contributed by atoms with Crippen LogP contribution in [0.4, 0.5) is 10.5 Å². The number of rotatable bonds is 2. The van der Waals surface area contributed by atoms with Crippen LogP contribution in [0.1, 0.15) is 30.0 Å². The Labute approximate surface area is 97.4 Å². The van der Waals surface area contributed by atoms with Gasteiger partial charge in [-0.2, -0.15) is 0 Å². The van der Waals surface area contributed by atoms with E-state index in [4.69, 9.17) is 5.11 Å². The summed E-state index contributed by atoms with van der Waals surface area (Å²) in [7, 11) is 0. The van der Waals surface area contributed by atoms with Gasteiger partial charge in [0.1, 0.15) is 0 Å². The highest BCUT2D eigenvalue weighted by Gasteiger charge is 2.27. The molecular formula is C11H12N2O4. The molecule has 0 aliphatic heterocycles. The summed E-state index contributed by atoms with van der Waals surface area (Å²) in [5, 5.41) is 22.0. The molecule has 0 fully saturated rings. The van der Waals surface area contributed by atoms with Gasteiger partial charge in [-0.3, -0.25) is 10.1 Å². The molecule has 1 amide bonds. The first-order valence-corrected chi connectivity index (χ1v) is 5.35. The van der Waals surface area contributed by atoms with Crippen molar-refractivity contribution in [1.29, 1.82) is 0 Å². The average molecular weight is 236 g/mol. The summed E-state index contributed by atoms with van der Waals surface area (Å²) in [6.45, 7) is 0.